The molecule has 0 aromatic rings. The summed E-state index contributed by atoms with van der Waals surface area (Å²) in [5.41, 5.74) is 2.17. The van der Waals surface area contributed by atoms with Gasteiger partial charge in [-0.25, -0.2) is 0 Å². The van der Waals surface area contributed by atoms with Gasteiger partial charge in [0, 0.05) is 4.43 Å². The predicted octanol–water partition coefficient (Wildman–Crippen LogP) is 4.19. The summed E-state index contributed by atoms with van der Waals surface area (Å²) in [7, 11) is 0. The maximum atomic E-state index is 2.49. The van der Waals surface area contributed by atoms with Gasteiger partial charge in [-0.1, -0.05) is 48.1 Å². The molecule has 0 aliphatic heterocycles. The maximum absolute atomic E-state index is 2.49. The highest BCUT2D eigenvalue weighted by Gasteiger charge is 2.31. The van der Waals surface area contributed by atoms with Crippen LogP contribution in [0.3, 0.4) is 0 Å². The van der Waals surface area contributed by atoms with E-state index in [1.165, 1.54) is 23.7 Å². The van der Waals surface area contributed by atoms with Crippen molar-refractivity contribution in [1.29, 1.82) is 0 Å². The molecule has 0 bridgehead atoms. The van der Waals surface area contributed by atoms with Crippen LogP contribution in [0.2, 0.25) is 0 Å². The minimum atomic E-state index is 0.546. The first-order valence-electron chi connectivity index (χ1n) is 4.80. The zero-order chi connectivity index (χ0) is 9.19. The normalized spacial score (nSPS) is 28.3. The van der Waals surface area contributed by atoms with E-state index < -0.39 is 0 Å². The Bertz CT molecular complexity index is 179. The summed E-state index contributed by atoms with van der Waals surface area (Å²) in [6, 6.07) is 0. The van der Waals surface area contributed by atoms with Gasteiger partial charge >= 0.3 is 0 Å². The Balaban J connectivity index is 2.74. The van der Waals surface area contributed by atoms with Crippen molar-refractivity contribution in [3.05, 3.63) is 11.6 Å². The van der Waals surface area contributed by atoms with Crippen LogP contribution in [0.15, 0.2) is 11.6 Å². The van der Waals surface area contributed by atoms with Crippen LogP contribution in [0.25, 0.3) is 0 Å². The molecule has 0 amide bonds. The van der Waals surface area contributed by atoms with Gasteiger partial charge < -0.3 is 0 Å². The molecule has 0 heterocycles. The van der Waals surface area contributed by atoms with Gasteiger partial charge in [0.25, 0.3) is 0 Å². The average Bonchev–Trinajstić information content (AvgIpc) is 1.97. The number of hydrogen-bond acceptors (Lipinski definition) is 0. The first-order valence-corrected chi connectivity index (χ1v) is 6.33. The Kier molecular flexibility index (Phi) is 3.62. The molecule has 0 aromatic heterocycles. The first kappa shape index (κ1) is 10.6. The predicted molar refractivity (Wildman–Crippen MR) is 63.8 cm³/mol. The first-order chi connectivity index (χ1) is 5.58. The molecular formula is C11H19I. The number of allylic oxidation sites excluding steroid dienone is 2. The van der Waals surface area contributed by atoms with Gasteiger partial charge in [0.05, 0.1) is 0 Å². The van der Waals surface area contributed by atoms with Crippen molar-refractivity contribution < 1.29 is 0 Å². The second-order valence-electron chi connectivity index (χ2n) is 4.51. The topological polar surface area (TPSA) is 0 Å². The molecule has 1 aliphatic carbocycles. The number of alkyl halides is 1. The van der Waals surface area contributed by atoms with Crippen LogP contribution in [0.5, 0.6) is 0 Å². The molecule has 0 aromatic carbocycles. The zero-order valence-corrected chi connectivity index (χ0v) is 10.5. The lowest BCUT2D eigenvalue weighted by Crippen LogP contribution is -2.28. The third kappa shape index (κ3) is 2.24. The molecule has 0 saturated heterocycles. The molecule has 1 heteroatoms. The van der Waals surface area contributed by atoms with Crippen LogP contribution < -0.4 is 0 Å². The van der Waals surface area contributed by atoms with Gasteiger partial charge in [0.15, 0.2) is 0 Å². The number of hydrogen-bond donors (Lipinski definition) is 0. The second kappa shape index (κ2) is 4.12. The van der Waals surface area contributed by atoms with E-state index in [9.17, 15) is 0 Å². The van der Waals surface area contributed by atoms with Crippen LogP contribution in [-0.4, -0.2) is 4.43 Å². The fraction of sp³-hybridized carbons (Fsp3) is 0.818. The van der Waals surface area contributed by atoms with Gasteiger partial charge in [-0.15, -0.1) is 0 Å². The molecule has 0 N–H and O–H groups in total. The lowest BCUT2D eigenvalue weighted by Gasteiger charge is -2.38. The highest BCUT2D eigenvalue weighted by Crippen LogP contribution is 2.42. The fourth-order valence-corrected chi connectivity index (χ4v) is 2.96. The molecule has 0 radical (unpaired) electrons. The van der Waals surface area contributed by atoms with Crippen LogP contribution in [0.1, 0.15) is 40.0 Å². The monoisotopic (exact) mass is 278 g/mol. The van der Waals surface area contributed by atoms with E-state index in [1.807, 2.05) is 0 Å². The zero-order valence-electron chi connectivity index (χ0n) is 8.36. The highest BCUT2D eigenvalue weighted by molar-refractivity contribution is 14.1. The minimum Gasteiger partial charge on any atom is -0.0864 e. The van der Waals surface area contributed by atoms with E-state index in [-0.39, 0.29) is 0 Å². The molecular weight excluding hydrogens is 259 g/mol. The fourth-order valence-electron chi connectivity index (χ4n) is 2.33. The van der Waals surface area contributed by atoms with E-state index in [0.717, 1.165) is 5.92 Å². The Morgan fingerprint density at radius 3 is 2.75 bits per heavy atom. The molecule has 0 spiro atoms. The van der Waals surface area contributed by atoms with Gasteiger partial charge in [0.1, 0.15) is 0 Å². The van der Waals surface area contributed by atoms with Gasteiger partial charge in [-0.05, 0) is 37.5 Å². The van der Waals surface area contributed by atoms with E-state index in [2.05, 4.69) is 49.4 Å². The van der Waals surface area contributed by atoms with Gasteiger partial charge in [0.2, 0.25) is 0 Å². The molecule has 0 saturated carbocycles. The Morgan fingerprint density at radius 1 is 1.58 bits per heavy atom. The maximum Gasteiger partial charge on any atom is 0.000118 e. The molecule has 1 rings (SSSR count). The smallest absolute Gasteiger partial charge is 0.000118 e. The number of rotatable bonds is 2. The van der Waals surface area contributed by atoms with Gasteiger partial charge in [-0.3, -0.25) is 0 Å². The summed E-state index contributed by atoms with van der Waals surface area (Å²) in [6.07, 6.45) is 6.44. The summed E-state index contributed by atoms with van der Waals surface area (Å²) >= 11 is 2.49. The van der Waals surface area contributed by atoms with Crippen LogP contribution in [0, 0.1) is 11.3 Å². The summed E-state index contributed by atoms with van der Waals surface area (Å²) < 4.78 is 1.29. The summed E-state index contributed by atoms with van der Waals surface area (Å²) in [4.78, 5) is 0. The highest BCUT2D eigenvalue weighted by atomic mass is 127. The summed E-state index contributed by atoms with van der Waals surface area (Å²) in [5, 5.41) is 0. The Hall–Kier alpha value is 0.470. The van der Waals surface area contributed by atoms with Crippen LogP contribution >= 0.6 is 22.6 Å². The van der Waals surface area contributed by atoms with E-state index in [4.69, 9.17) is 0 Å². The van der Waals surface area contributed by atoms with Crippen molar-refractivity contribution in [3.63, 3.8) is 0 Å². The Morgan fingerprint density at radius 2 is 2.25 bits per heavy atom. The SMILES string of the molecule is CC1=CCCC(C)(C)[C@H]1CCI. The molecule has 1 aliphatic rings. The third-order valence-corrected chi connectivity index (χ3v) is 3.77. The molecule has 70 valence electrons. The molecule has 0 nitrogen and oxygen atoms in total. The molecule has 0 unspecified atom stereocenters. The van der Waals surface area contributed by atoms with E-state index in [0.29, 0.717) is 5.41 Å². The average molecular weight is 278 g/mol. The van der Waals surface area contributed by atoms with Crippen molar-refractivity contribution in [2.45, 2.75) is 40.0 Å². The van der Waals surface area contributed by atoms with Crippen molar-refractivity contribution in [3.8, 4) is 0 Å². The molecule has 12 heavy (non-hydrogen) atoms. The standard InChI is InChI=1S/C11H19I/c1-9-5-4-7-11(2,3)10(9)6-8-12/h5,10H,4,6-8H2,1-3H3/t10-/m0/s1. The quantitative estimate of drug-likeness (QED) is 0.403. The van der Waals surface area contributed by atoms with Crippen molar-refractivity contribution in [2.24, 2.45) is 11.3 Å². The van der Waals surface area contributed by atoms with E-state index >= 15 is 0 Å². The van der Waals surface area contributed by atoms with Crippen LogP contribution in [-0.2, 0) is 0 Å². The lowest BCUT2D eigenvalue weighted by molar-refractivity contribution is 0.211. The van der Waals surface area contributed by atoms with Crippen molar-refractivity contribution in [2.75, 3.05) is 4.43 Å². The van der Waals surface area contributed by atoms with Crippen LogP contribution in [0.4, 0.5) is 0 Å². The summed E-state index contributed by atoms with van der Waals surface area (Å²) in [6.45, 7) is 7.14. The Labute approximate surface area is 90.0 Å². The third-order valence-electron chi connectivity index (χ3n) is 3.15. The second-order valence-corrected chi connectivity index (χ2v) is 5.58. The van der Waals surface area contributed by atoms with E-state index in [1.54, 1.807) is 5.57 Å². The largest absolute Gasteiger partial charge is 0.0864 e. The van der Waals surface area contributed by atoms with Crippen molar-refractivity contribution >= 4 is 22.6 Å². The van der Waals surface area contributed by atoms with Crippen molar-refractivity contribution in [1.82, 2.24) is 0 Å². The van der Waals surface area contributed by atoms with Gasteiger partial charge in [-0.2, -0.15) is 0 Å². The summed E-state index contributed by atoms with van der Waals surface area (Å²) in [5.74, 6) is 0.836. The molecule has 1 atom stereocenters. The molecule has 0 fully saturated rings. The lowest BCUT2D eigenvalue weighted by atomic mass is 9.68. The number of halogens is 1. The minimum absolute atomic E-state index is 0.546.